The molecule has 0 bridgehead atoms. The molecule has 2 aromatic rings. The van der Waals surface area contributed by atoms with Crippen LogP contribution in [0.5, 0.6) is 5.88 Å². The van der Waals surface area contributed by atoms with Gasteiger partial charge in [-0.2, -0.15) is 31.3 Å². The van der Waals surface area contributed by atoms with Crippen LogP contribution in [0.2, 0.25) is 0 Å². The predicted octanol–water partition coefficient (Wildman–Crippen LogP) is 3.92. The van der Waals surface area contributed by atoms with Crippen LogP contribution < -0.4 is 4.74 Å². The smallest absolute Gasteiger partial charge is 0.422 e. The first-order valence-electron chi connectivity index (χ1n) is 7.33. The van der Waals surface area contributed by atoms with Gasteiger partial charge in [0.05, 0.1) is 17.0 Å². The second-order valence-corrected chi connectivity index (χ2v) is 5.44. The van der Waals surface area contributed by atoms with Gasteiger partial charge < -0.3 is 4.74 Å². The average Bonchev–Trinajstić information content (AvgIpc) is 2.90. The minimum Gasteiger partial charge on any atom is -0.468 e. The van der Waals surface area contributed by atoms with Crippen LogP contribution in [0.4, 0.5) is 32.0 Å². The number of aromatic nitrogens is 3. The van der Waals surface area contributed by atoms with E-state index in [2.05, 4.69) is 14.7 Å². The normalized spacial score (nSPS) is 12.3. The predicted molar refractivity (Wildman–Crippen MR) is 78.7 cm³/mol. The summed E-state index contributed by atoms with van der Waals surface area (Å²) in [5.74, 6) is -1.23. The molecule has 0 saturated heterocycles. The SMILES string of the molecule is Cc1cn(-c2nc(OCC(F)(F)F)ccc2[N+](=O)[O-])c(CCC(F)(F)F)n1. The average molecular weight is 398 g/mol. The Kier molecular flexibility index (Phi) is 5.61. The van der Waals surface area contributed by atoms with E-state index in [0.29, 0.717) is 0 Å². The van der Waals surface area contributed by atoms with Crippen LogP contribution in [0.1, 0.15) is 17.9 Å². The van der Waals surface area contributed by atoms with Crippen LogP contribution in [-0.4, -0.2) is 38.4 Å². The molecule has 148 valence electrons. The summed E-state index contributed by atoms with van der Waals surface area (Å²) in [6.45, 7) is -0.232. The molecule has 0 aliphatic rings. The number of nitro groups is 1. The maximum absolute atomic E-state index is 12.5. The number of imidazole rings is 1. The fourth-order valence-electron chi connectivity index (χ4n) is 2.14. The van der Waals surface area contributed by atoms with Gasteiger partial charge in [0.2, 0.25) is 11.7 Å². The van der Waals surface area contributed by atoms with Gasteiger partial charge in [-0.1, -0.05) is 0 Å². The molecular formula is C14H12F6N4O3. The quantitative estimate of drug-likeness (QED) is 0.419. The number of pyridine rings is 1. The number of halogens is 6. The zero-order valence-electron chi connectivity index (χ0n) is 13.6. The van der Waals surface area contributed by atoms with Crippen molar-refractivity contribution in [3.05, 3.63) is 40.0 Å². The van der Waals surface area contributed by atoms with E-state index in [-0.39, 0.29) is 11.5 Å². The van der Waals surface area contributed by atoms with Gasteiger partial charge in [0.15, 0.2) is 6.61 Å². The van der Waals surface area contributed by atoms with Gasteiger partial charge in [-0.3, -0.25) is 14.7 Å². The summed E-state index contributed by atoms with van der Waals surface area (Å²) in [5, 5.41) is 11.2. The monoisotopic (exact) mass is 398 g/mol. The molecule has 0 aromatic carbocycles. The van der Waals surface area contributed by atoms with Crippen molar-refractivity contribution < 1.29 is 36.0 Å². The molecule has 7 nitrogen and oxygen atoms in total. The number of ether oxygens (including phenoxy) is 1. The molecule has 0 aliphatic carbocycles. The van der Waals surface area contributed by atoms with Crippen LogP contribution in [0.15, 0.2) is 18.3 Å². The highest BCUT2D eigenvalue weighted by Gasteiger charge is 2.30. The van der Waals surface area contributed by atoms with E-state index in [1.165, 1.54) is 13.1 Å². The summed E-state index contributed by atoms with van der Waals surface area (Å²) in [7, 11) is 0. The molecule has 0 saturated carbocycles. The molecule has 13 heteroatoms. The summed E-state index contributed by atoms with van der Waals surface area (Å²) in [6, 6.07) is 1.73. The van der Waals surface area contributed by atoms with Gasteiger partial charge >= 0.3 is 18.0 Å². The third kappa shape index (κ3) is 5.82. The van der Waals surface area contributed by atoms with E-state index in [0.717, 1.165) is 16.7 Å². The molecular weight excluding hydrogens is 386 g/mol. The molecule has 0 unspecified atom stereocenters. The van der Waals surface area contributed by atoms with Gasteiger partial charge in [-0.05, 0) is 6.92 Å². The summed E-state index contributed by atoms with van der Waals surface area (Å²) >= 11 is 0. The van der Waals surface area contributed by atoms with Crippen LogP contribution >= 0.6 is 0 Å². The fraction of sp³-hybridized carbons (Fsp3) is 0.429. The Balaban J connectivity index is 2.44. The Hall–Kier alpha value is -2.86. The highest BCUT2D eigenvalue weighted by Crippen LogP contribution is 2.28. The van der Waals surface area contributed by atoms with Gasteiger partial charge in [0, 0.05) is 24.8 Å². The van der Waals surface area contributed by atoms with Crippen molar-refractivity contribution in [2.24, 2.45) is 0 Å². The number of hydrogen-bond acceptors (Lipinski definition) is 5. The van der Waals surface area contributed by atoms with Crippen LogP contribution in [-0.2, 0) is 6.42 Å². The lowest BCUT2D eigenvalue weighted by Crippen LogP contribution is -2.20. The number of rotatable bonds is 6. The van der Waals surface area contributed by atoms with E-state index in [1.807, 2.05) is 0 Å². The topological polar surface area (TPSA) is 83.1 Å². The molecule has 0 spiro atoms. The Morgan fingerprint density at radius 2 is 1.81 bits per heavy atom. The van der Waals surface area contributed by atoms with E-state index in [1.54, 1.807) is 0 Å². The highest BCUT2D eigenvalue weighted by molar-refractivity contribution is 5.49. The molecule has 0 aliphatic heterocycles. The van der Waals surface area contributed by atoms with Crippen molar-refractivity contribution >= 4 is 5.69 Å². The Labute approximate surface area is 147 Å². The lowest BCUT2D eigenvalue weighted by molar-refractivity contribution is -0.384. The van der Waals surface area contributed by atoms with Crippen molar-refractivity contribution in [1.82, 2.24) is 14.5 Å². The van der Waals surface area contributed by atoms with Crippen molar-refractivity contribution in [1.29, 1.82) is 0 Å². The fourth-order valence-corrected chi connectivity index (χ4v) is 2.14. The summed E-state index contributed by atoms with van der Waals surface area (Å²) < 4.78 is 79.6. The van der Waals surface area contributed by atoms with Crippen molar-refractivity contribution in [3.8, 4) is 11.7 Å². The second-order valence-electron chi connectivity index (χ2n) is 5.44. The van der Waals surface area contributed by atoms with Crippen LogP contribution in [0.3, 0.4) is 0 Å². The minimum absolute atomic E-state index is 0.173. The Bertz CT molecular complexity index is 831. The molecule has 0 N–H and O–H groups in total. The lowest BCUT2D eigenvalue weighted by atomic mass is 10.3. The second kappa shape index (κ2) is 7.40. The van der Waals surface area contributed by atoms with Crippen molar-refractivity contribution in [2.45, 2.75) is 32.1 Å². The van der Waals surface area contributed by atoms with Gasteiger partial charge in [-0.15, -0.1) is 0 Å². The molecule has 2 heterocycles. The molecule has 0 amide bonds. The number of nitrogens with zero attached hydrogens (tertiary/aromatic N) is 4. The zero-order valence-corrected chi connectivity index (χ0v) is 13.6. The van der Waals surface area contributed by atoms with Crippen molar-refractivity contribution in [3.63, 3.8) is 0 Å². The summed E-state index contributed by atoms with van der Waals surface area (Å²) in [6.07, 6.45) is -9.77. The molecule has 0 fully saturated rings. The van der Waals surface area contributed by atoms with Crippen molar-refractivity contribution in [2.75, 3.05) is 6.61 Å². The van der Waals surface area contributed by atoms with Gasteiger partial charge in [0.1, 0.15) is 5.82 Å². The molecule has 0 radical (unpaired) electrons. The minimum atomic E-state index is -4.66. The Morgan fingerprint density at radius 3 is 2.37 bits per heavy atom. The van der Waals surface area contributed by atoms with E-state index in [4.69, 9.17) is 0 Å². The molecule has 2 aromatic heterocycles. The van der Waals surface area contributed by atoms with Crippen LogP contribution in [0.25, 0.3) is 5.82 Å². The summed E-state index contributed by atoms with van der Waals surface area (Å²) in [5.41, 5.74) is -0.370. The van der Waals surface area contributed by atoms with E-state index >= 15 is 0 Å². The molecule has 0 atom stereocenters. The van der Waals surface area contributed by atoms with E-state index < -0.39 is 54.1 Å². The third-order valence-electron chi connectivity index (χ3n) is 3.17. The number of alkyl halides is 6. The lowest BCUT2D eigenvalue weighted by Gasteiger charge is -2.12. The highest BCUT2D eigenvalue weighted by atomic mass is 19.4. The van der Waals surface area contributed by atoms with Gasteiger partial charge in [0.25, 0.3) is 0 Å². The van der Waals surface area contributed by atoms with Gasteiger partial charge in [-0.25, -0.2) is 4.98 Å². The maximum Gasteiger partial charge on any atom is 0.422 e. The first kappa shape index (κ1) is 20.5. The molecule has 2 rings (SSSR count). The maximum atomic E-state index is 12.5. The number of hydrogen-bond donors (Lipinski definition) is 0. The zero-order chi connectivity index (χ0) is 20.4. The third-order valence-corrected chi connectivity index (χ3v) is 3.17. The Morgan fingerprint density at radius 1 is 1.15 bits per heavy atom. The first-order valence-corrected chi connectivity index (χ1v) is 7.33. The standard InChI is InChI=1S/C14H12F6N4O3/c1-8-6-23(10(21-8)4-5-13(15,16)17)12-9(24(25)26)2-3-11(22-12)27-7-14(18,19)20/h2-3,6H,4-5,7H2,1H3. The first-order chi connectivity index (χ1) is 12.4. The largest absolute Gasteiger partial charge is 0.468 e. The van der Waals surface area contributed by atoms with E-state index in [9.17, 15) is 36.5 Å². The number of aryl methyl sites for hydroxylation is 2. The van der Waals surface area contributed by atoms with Crippen LogP contribution in [0, 0.1) is 17.0 Å². The molecule has 27 heavy (non-hydrogen) atoms. The summed E-state index contributed by atoms with van der Waals surface area (Å²) in [4.78, 5) is 17.9.